The Morgan fingerprint density at radius 1 is 1.14 bits per heavy atom. The van der Waals surface area contributed by atoms with Gasteiger partial charge in [-0.15, -0.1) is 0 Å². The van der Waals surface area contributed by atoms with Gasteiger partial charge >= 0.3 is 0 Å². The topological polar surface area (TPSA) is 58.6 Å². The van der Waals surface area contributed by atoms with E-state index >= 15 is 0 Å². The lowest BCUT2D eigenvalue weighted by molar-refractivity contribution is -0.137. The van der Waals surface area contributed by atoms with E-state index in [0.717, 1.165) is 51.3 Å². The van der Waals surface area contributed by atoms with Crippen LogP contribution in [0.1, 0.15) is 25.7 Å². The molecule has 114 valence electrons. The molecular weight excluding hydrogens is 268 g/mol. The van der Waals surface area contributed by atoms with Crippen LogP contribution in [0.2, 0.25) is 0 Å². The van der Waals surface area contributed by atoms with Crippen molar-refractivity contribution >= 4 is 11.7 Å². The number of hydrogen-bond donors (Lipinski definition) is 0. The maximum absolute atomic E-state index is 12.4. The van der Waals surface area contributed by atoms with Crippen molar-refractivity contribution in [3.8, 4) is 5.88 Å². The highest BCUT2D eigenvalue weighted by Gasteiger charge is 2.30. The minimum Gasteiger partial charge on any atom is -0.478 e. The van der Waals surface area contributed by atoms with Crippen LogP contribution in [-0.2, 0) is 4.79 Å². The molecule has 0 atom stereocenters. The molecule has 0 unspecified atom stereocenters. The number of nitrogens with zero attached hydrogens (tertiary/aromatic N) is 4. The van der Waals surface area contributed by atoms with E-state index in [1.165, 1.54) is 6.42 Å². The number of methoxy groups -OCH3 is 1. The van der Waals surface area contributed by atoms with E-state index in [-0.39, 0.29) is 5.92 Å². The summed E-state index contributed by atoms with van der Waals surface area (Å²) in [7, 11) is 1.61. The normalized spacial score (nSPS) is 19.9. The molecule has 0 radical (unpaired) electrons. The Morgan fingerprint density at radius 2 is 1.95 bits per heavy atom. The first-order valence-electron chi connectivity index (χ1n) is 7.68. The van der Waals surface area contributed by atoms with E-state index in [1.807, 2.05) is 4.90 Å². The molecule has 0 aromatic carbocycles. The third-order valence-electron chi connectivity index (χ3n) is 4.40. The van der Waals surface area contributed by atoms with Crippen molar-refractivity contribution < 1.29 is 9.53 Å². The number of carbonyl (C=O) groups excluding carboxylic acids is 1. The molecule has 2 aliphatic rings. The summed E-state index contributed by atoms with van der Waals surface area (Å²) < 4.78 is 5.28. The van der Waals surface area contributed by atoms with Crippen LogP contribution in [0.4, 0.5) is 5.82 Å². The first kappa shape index (κ1) is 14.1. The van der Waals surface area contributed by atoms with Crippen LogP contribution in [0, 0.1) is 5.92 Å². The summed E-state index contributed by atoms with van der Waals surface area (Å²) in [5, 5.41) is 0. The van der Waals surface area contributed by atoms with Crippen molar-refractivity contribution in [1.29, 1.82) is 0 Å². The molecule has 6 heteroatoms. The van der Waals surface area contributed by atoms with Crippen molar-refractivity contribution in [2.45, 2.75) is 25.7 Å². The lowest BCUT2D eigenvalue weighted by Crippen LogP contribution is -2.41. The molecule has 0 bridgehead atoms. The third-order valence-corrected chi connectivity index (χ3v) is 4.40. The lowest BCUT2D eigenvalue weighted by Gasteiger charge is -2.31. The fraction of sp³-hybridized carbons (Fsp3) is 0.667. The number of ether oxygens (including phenoxy) is 1. The smallest absolute Gasteiger partial charge is 0.257 e. The first-order valence-corrected chi connectivity index (χ1v) is 7.68. The summed E-state index contributed by atoms with van der Waals surface area (Å²) in [6.07, 6.45) is 7.60. The highest BCUT2D eigenvalue weighted by molar-refractivity contribution is 5.79. The fourth-order valence-corrected chi connectivity index (χ4v) is 2.94. The predicted octanol–water partition coefficient (Wildman–Crippen LogP) is 1.32. The van der Waals surface area contributed by atoms with Crippen LogP contribution in [0.25, 0.3) is 0 Å². The van der Waals surface area contributed by atoms with Crippen molar-refractivity contribution in [1.82, 2.24) is 14.9 Å². The van der Waals surface area contributed by atoms with Gasteiger partial charge < -0.3 is 14.5 Å². The summed E-state index contributed by atoms with van der Waals surface area (Å²) >= 11 is 0. The van der Waals surface area contributed by atoms with Gasteiger partial charge in [0, 0.05) is 44.5 Å². The van der Waals surface area contributed by atoms with Gasteiger partial charge in [0.05, 0.1) is 7.11 Å². The van der Waals surface area contributed by atoms with E-state index in [2.05, 4.69) is 14.9 Å². The number of hydrogen-bond acceptors (Lipinski definition) is 5. The lowest BCUT2D eigenvalue weighted by atomic mass is 9.84. The van der Waals surface area contributed by atoms with E-state index in [0.29, 0.717) is 11.8 Å². The summed E-state index contributed by atoms with van der Waals surface area (Å²) in [6.45, 7) is 3.26. The molecule has 2 fully saturated rings. The Kier molecular flexibility index (Phi) is 4.22. The average molecular weight is 290 g/mol. The highest BCUT2D eigenvalue weighted by atomic mass is 16.5. The molecule has 1 aromatic heterocycles. The Balaban J connectivity index is 1.66. The maximum atomic E-state index is 12.4. The van der Waals surface area contributed by atoms with Crippen molar-refractivity contribution in [3.05, 3.63) is 12.4 Å². The molecule has 1 amide bonds. The molecular formula is C15H22N4O2. The number of rotatable bonds is 3. The maximum Gasteiger partial charge on any atom is 0.257 e. The number of anilines is 1. The molecule has 2 heterocycles. The highest BCUT2D eigenvalue weighted by Crippen LogP contribution is 2.29. The van der Waals surface area contributed by atoms with Gasteiger partial charge in [-0.3, -0.25) is 4.79 Å². The monoisotopic (exact) mass is 290 g/mol. The van der Waals surface area contributed by atoms with Gasteiger partial charge in [-0.25, -0.2) is 9.97 Å². The first-order chi connectivity index (χ1) is 10.3. The number of aromatic nitrogens is 2. The van der Waals surface area contributed by atoms with Gasteiger partial charge in [0.1, 0.15) is 0 Å². The SMILES string of the molecule is COc1nccnc1N1CCCN(C(=O)C2CCC2)CC1. The van der Waals surface area contributed by atoms with Crippen LogP contribution in [0.5, 0.6) is 5.88 Å². The zero-order chi connectivity index (χ0) is 14.7. The van der Waals surface area contributed by atoms with E-state index in [4.69, 9.17) is 4.74 Å². The van der Waals surface area contributed by atoms with Crippen LogP contribution in [0.15, 0.2) is 12.4 Å². The molecule has 3 rings (SSSR count). The van der Waals surface area contributed by atoms with E-state index in [1.54, 1.807) is 19.5 Å². The molecule has 0 spiro atoms. The van der Waals surface area contributed by atoms with Gasteiger partial charge in [-0.2, -0.15) is 0 Å². The van der Waals surface area contributed by atoms with Crippen LogP contribution in [0.3, 0.4) is 0 Å². The number of carbonyl (C=O) groups is 1. The Bertz CT molecular complexity index is 504. The van der Waals surface area contributed by atoms with Gasteiger partial charge in [-0.05, 0) is 19.3 Å². The molecule has 1 saturated heterocycles. The molecule has 1 saturated carbocycles. The largest absolute Gasteiger partial charge is 0.478 e. The Morgan fingerprint density at radius 3 is 2.67 bits per heavy atom. The van der Waals surface area contributed by atoms with Gasteiger partial charge in [0.15, 0.2) is 5.82 Å². The van der Waals surface area contributed by atoms with Crippen molar-refractivity contribution in [2.75, 3.05) is 38.2 Å². The number of amides is 1. The average Bonchev–Trinajstić information content (AvgIpc) is 2.71. The van der Waals surface area contributed by atoms with Crippen molar-refractivity contribution in [2.24, 2.45) is 5.92 Å². The van der Waals surface area contributed by atoms with Crippen molar-refractivity contribution in [3.63, 3.8) is 0 Å². The minimum absolute atomic E-state index is 0.280. The zero-order valence-corrected chi connectivity index (χ0v) is 12.5. The van der Waals surface area contributed by atoms with E-state index in [9.17, 15) is 4.79 Å². The quantitative estimate of drug-likeness (QED) is 0.840. The minimum atomic E-state index is 0.280. The molecule has 6 nitrogen and oxygen atoms in total. The van der Waals surface area contributed by atoms with Crippen LogP contribution < -0.4 is 9.64 Å². The van der Waals surface area contributed by atoms with Gasteiger partial charge in [0.25, 0.3) is 5.88 Å². The van der Waals surface area contributed by atoms with E-state index < -0.39 is 0 Å². The molecule has 1 aromatic rings. The molecule has 1 aliphatic carbocycles. The predicted molar refractivity (Wildman–Crippen MR) is 79.3 cm³/mol. The standard InChI is InChI=1S/C15H22N4O2/c1-21-14-13(16-6-7-17-14)18-8-3-9-19(11-10-18)15(20)12-4-2-5-12/h6-7,12H,2-5,8-11H2,1H3. The summed E-state index contributed by atoms with van der Waals surface area (Å²) in [6, 6.07) is 0. The molecule has 21 heavy (non-hydrogen) atoms. The summed E-state index contributed by atoms with van der Waals surface area (Å²) in [5.74, 6) is 1.95. The second-order valence-corrected chi connectivity index (χ2v) is 5.68. The van der Waals surface area contributed by atoms with Crippen LogP contribution >= 0.6 is 0 Å². The third kappa shape index (κ3) is 2.94. The zero-order valence-electron chi connectivity index (χ0n) is 12.5. The second-order valence-electron chi connectivity index (χ2n) is 5.68. The fourth-order valence-electron chi connectivity index (χ4n) is 2.94. The Hall–Kier alpha value is -1.85. The Labute approximate surface area is 125 Å². The summed E-state index contributed by atoms with van der Waals surface area (Å²) in [4.78, 5) is 25.1. The van der Waals surface area contributed by atoms with Crippen LogP contribution in [-0.4, -0.2) is 54.1 Å². The molecule has 0 N–H and O–H groups in total. The second kappa shape index (κ2) is 6.28. The van der Waals surface area contributed by atoms with Gasteiger partial charge in [0.2, 0.25) is 5.91 Å². The molecule has 1 aliphatic heterocycles. The van der Waals surface area contributed by atoms with Gasteiger partial charge in [-0.1, -0.05) is 6.42 Å². The summed E-state index contributed by atoms with van der Waals surface area (Å²) in [5.41, 5.74) is 0.